The van der Waals surface area contributed by atoms with Crippen LogP contribution in [0.1, 0.15) is 37.1 Å². The fraction of sp³-hybridized carbons (Fsp3) is 0.765. The Morgan fingerprint density at radius 1 is 1.39 bits per heavy atom. The summed E-state index contributed by atoms with van der Waals surface area (Å²) >= 11 is 0. The lowest BCUT2D eigenvalue weighted by molar-refractivity contribution is -0.123. The second kappa shape index (κ2) is 7.45. The fourth-order valence-corrected chi connectivity index (χ4v) is 3.68. The topological polar surface area (TPSA) is 67.6 Å². The van der Waals surface area contributed by atoms with Crippen molar-refractivity contribution in [2.45, 2.75) is 51.1 Å². The first-order valence-corrected chi connectivity index (χ1v) is 8.61. The maximum Gasteiger partial charge on any atom is 0.234 e. The number of carbonyl (C=O) groups is 1. The Balaban J connectivity index is 1.48. The van der Waals surface area contributed by atoms with Crippen molar-refractivity contribution in [3.05, 3.63) is 17.5 Å². The van der Waals surface area contributed by atoms with Gasteiger partial charge in [0, 0.05) is 24.4 Å². The number of rotatable bonds is 6. The van der Waals surface area contributed by atoms with E-state index in [1.807, 2.05) is 13.0 Å². The largest absolute Gasteiger partial charge is 0.379 e. The zero-order valence-corrected chi connectivity index (χ0v) is 14.1. The standard InChI is InChI=1S/C17H27N3O3/c1-12-7-15(23-19-12)8-13-10-22-11-16(13)18-17(21)9-20(2)14-5-3-4-6-14/h7,13-14,16H,3-6,8-11H2,1-2H3,(H,18,21)/t13-,16+/m1/s1. The van der Waals surface area contributed by atoms with Gasteiger partial charge in [0.1, 0.15) is 5.76 Å². The predicted molar refractivity (Wildman–Crippen MR) is 86.1 cm³/mol. The van der Waals surface area contributed by atoms with Crippen LogP contribution in [0.25, 0.3) is 0 Å². The van der Waals surface area contributed by atoms with Gasteiger partial charge in [-0.15, -0.1) is 0 Å². The first kappa shape index (κ1) is 16.5. The molecule has 23 heavy (non-hydrogen) atoms. The summed E-state index contributed by atoms with van der Waals surface area (Å²) in [6.45, 7) is 3.62. The van der Waals surface area contributed by atoms with E-state index in [4.69, 9.17) is 9.26 Å². The molecule has 1 aromatic heterocycles. The Hall–Kier alpha value is -1.40. The highest BCUT2D eigenvalue weighted by molar-refractivity contribution is 5.78. The molecule has 0 spiro atoms. The number of carbonyl (C=O) groups excluding carboxylic acids is 1. The molecule has 2 atom stereocenters. The van der Waals surface area contributed by atoms with Crippen LogP contribution in [0.15, 0.2) is 10.6 Å². The summed E-state index contributed by atoms with van der Waals surface area (Å²) in [5.74, 6) is 1.21. The molecule has 0 aromatic carbocycles. The van der Waals surface area contributed by atoms with Gasteiger partial charge in [-0.25, -0.2) is 0 Å². The molecule has 1 aliphatic heterocycles. The molecule has 1 saturated heterocycles. The van der Waals surface area contributed by atoms with Crippen molar-refractivity contribution in [3.63, 3.8) is 0 Å². The van der Waals surface area contributed by atoms with Gasteiger partial charge in [-0.3, -0.25) is 9.69 Å². The van der Waals surface area contributed by atoms with E-state index in [2.05, 4.69) is 22.4 Å². The Bertz CT molecular complexity index is 525. The van der Waals surface area contributed by atoms with Gasteiger partial charge in [0.2, 0.25) is 5.91 Å². The molecule has 2 aliphatic rings. The third kappa shape index (κ3) is 4.32. The molecule has 1 aliphatic carbocycles. The molecule has 3 rings (SSSR count). The fourth-order valence-electron chi connectivity index (χ4n) is 3.68. The summed E-state index contributed by atoms with van der Waals surface area (Å²) in [6, 6.07) is 2.57. The molecule has 6 heteroatoms. The number of hydrogen-bond donors (Lipinski definition) is 1. The number of amides is 1. The Morgan fingerprint density at radius 3 is 2.87 bits per heavy atom. The maximum atomic E-state index is 12.3. The summed E-state index contributed by atoms with van der Waals surface area (Å²) in [4.78, 5) is 14.5. The molecule has 1 saturated carbocycles. The summed E-state index contributed by atoms with van der Waals surface area (Å²) in [5, 5.41) is 7.06. The molecule has 1 N–H and O–H groups in total. The highest BCUT2D eigenvalue weighted by atomic mass is 16.5. The molecule has 0 radical (unpaired) electrons. The van der Waals surface area contributed by atoms with E-state index in [1.165, 1.54) is 25.7 Å². The molecule has 128 valence electrons. The molecule has 2 heterocycles. The van der Waals surface area contributed by atoms with Crippen LogP contribution in [0.2, 0.25) is 0 Å². The zero-order valence-electron chi connectivity index (χ0n) is 14.1. The monoisotopic (exact) mass is 321 g/mol. The number of hydrogen-bond acceptors (Lipinski definition) is 5. The van der Waals surface area contributed by atoms with Crippen LogP contribution in [0.3, 0.4) is 0 Å². The molecule has 1 aromatic rings. The van der Waals surface area contributed by atoms with E-state index in [9.17, 15) is 4.79 Å². The van der Waals surface area contributed by atoms with Crippen LogP contribution in [0, 0.1) is 12.8 Å². The van der Waals surface area contributed by atoms with Gasteiger partial charge in [0.15, 0.2) is 0 Å². The van der Waals surface area contributed by atoms with Gasteiger partial charge in [0.05, 0.1) is 31.5 Å². The van der Waals surface area contributed by atoms with Gasteiger partial charge in [-0.2, -0.15) is 0 Å². The zero-order chi connectivity index (χ0) is 16.2. The lowest BCUT2D eigenvalue weighted by atomic mass is 9.98. The highest BCUT2D eigenvalue weighted by Crippen LogP contribution is 2.22. The SMILES string of the molecule is Cc1cc(C[C@@H]2COC[C@@H]2NC(=O)CN(C)C2CCCC2)on1. The van der Waals surface area contributed by atoms with Crippen LogP contribution < -0.4 is 5.32 Å². The molecular weight excluding hydrogens is 294 g/mol. The van der Waals surface area contributed by atoms with Crippen LogP contribution >= 0.6 is 0 Å². The van der Waals surface area contributed by atoms with Crippen LogP contribution in [0.4, 0.5) is 0 Å². The van der Waals surface area contributed by atoms with E-state index in [-0.39, 0.29) is 17.9 Å². The quantitative estimate of drug-likeness (QED) is 0.861. The van der Waals surface area contributed by atoms with Crippen LogP contribution in [-0.4, -0.2) is 54.9 Å². The van der Waals surface area contributed by atoms with Crippen molar-refractivity contribution in [1.82, 2.24) is 15.4 Å². The number of aromatic nitrogens is 1. The lowest BCUT2D eigenvalue weighted by Gasteiger charge is -2.25. The molecule has 0 unspecified atom stereocenters. The highest BCUT2D eigenvalue weighted by Gasteiger charge is 2.31. The third-order valence-electron chi connectivity index (χ3n) is 5.03. The van der Waals surface area contributed by atoms with Crippen LogP contribution in [0.5, 0.6) is 0 Å². The predicted octanol–water partition coefficient (Wildman–Crippen LogP) is 1.53. The van der Waals surface area contributed by atoms with E-state index in [1.54, 1.807) is 0 Å². The molecule has 0 bridgehead atoms. The van der Waals surface area contributed by atoms with Gasteiger partial charge in [-0.05, 0) is 26.8 Å². The number of ether oxygens (including phenoxy) is 1. The van der Waals surface area contributed by atoms with E-state index in [0.29, 0.717) is 25.8 Å². The Kier molecular flexibility index (Phi) is 5.33. The van der Waals surface area contributed by atoms with E-state index >= 15 is 0 Å². The summed E-state index contributed by atoms with van der Waals surface area (Å²) in [7, 11) is 2.05. The number of likely N-dealkylation sites (N-methyl/N-ethyl adjacent to an activating group) is 1. The average molecular weight is 321 g/mol. The lowest BCUT2D eigenvalue weighted by Crippen LogP contribution is -2.46. The average Bonchev–Trinajstić information content (AvgIpc) is 3.22. The minimum absolute atomic E-state index is 0.0601. The van der Waals surface area contributed by atoms with Crippen molar-refractivity contribution < 1.29 is 14.1 Å². The minimum Gasteiger partial charge on any atom is -0.379 e. The molecule has 2 fully saturated rings. The first-order chi connectivity index (χ1) is 11.1. The first-order valence-electron chi connectivity index (χ1n) is 8.61. The van der Waals surface area contributed by atoms with Gasteiger partial charge in [0.25, 0.3) is 0 Å². The summed E-state index contributed by atoms with van der Waals surface area (Å²) in [5.41, 5.74) is 0.887. The van der Waals surface area contributed by atoms with Crippen LogP contribution in [-0.2, 0) is 16.0 Å². The molecule has 6 nitrogen and oxygen atoms in total. The van der Waals surface area contributed by atoms with Crippen molar-refractivity contribution >= 4 is 5.91 Å². The summed E-state index contributed by atoms with van der Waals surface area (Å²) in [6.07, 6.45) is 5.75. The second-order valence-corrected chi connectivity index (χ2v) is 6.96. The van der Waals surface area contributed by atoms with Crippen molar-refractivity contribution in [1.29, 1.82) is 0 Å². The third-order valence-corrected chi connectivity index (χ3v) is 5.03. The van der Waals surface area contributed by atoms with Crippen molar-refractivity contribution in [2.75, 3.05) is 26.8 Å². The van der Waals surface area contributed by atoms with E-state index < -0.39 is 0 Å². The minimum atomic E-state index is 0.0601. The van der Waals surface area contributed by atoms with Gasteiger partial charge < -0.3 is 14.6 Å². The smallest absolute Gasteiger partial charge is 0.234 e. The summed E-state index contributed by atoms with van der Waals surface area (Å²) < 4.78 is 10.8. The second-order valence-electron chi connectivity index (χ2n) is 6.96. The molecular formula is C17H27N3O3. The van der Waals surface area contributed by atoms with Gasteiger partial charge >= 0.3 is 0 Å². The number of aryl methyl sites for hydroxylation is 1. The normalized spacial score (nSPS) is 25.3. The maximum absolute atomic E-state index is 12.3. The van der Waals surface area contributed by atoms with Crippen molar-refractivity contribution in [3.8, 4) is 0 Å². The van der Waals surface area contributed by atoms with E-state index in [0.717, 1.165) is 17.9 Å². The molecule has 1 amide bonds. The van der Waals surface area contributed by atoms with Gasteiger partial charge in [-0.1, -0.05) is 18.0 Å². The van der Waals surface area contributed by atoms with Crippen molar-refractivity contribution in [2.24, 2.45) is 5.92 Å². The number of nitrogens with zero attached hydrogens (tertiary/aromatic N) is 2. The Labute approximate surface area is 137 Å². The number of nitrogens with one attached hydrogen (secondary N) is 1. The Morgan fingerprint density at radius 2 is 2.17 bits per heavy atom.